The Labute approximate surface area is 64.6 Å². The van der Waals surface area contributed by atoms with Gasteiger partial charge in [0.15, 0.2) is 0 Å². The third kappa shape index (κ3) is 11.5. The number of alkyl halides is 3. The third-order valence-electron chi connectivity index (χ3n) is 0.345. The van der Waals surface area contributed by atoms with Crippen LogP contribution >= 0.6 is 0 Å². The standard InChI is InChI=1S/C3H3F3O2.Ag/c4-3(5,6)1-2(7)8;/h1H2,(H,7,8);/q;+1/p-1. The quantitative estimate of drug-likeness (QED) is 0.584. The van der Waals surface area contributed by atoms with Gasteiger partial charge < -0.3 is 9.90 Å². The summed E-state index contributed by atoms with van der Waals surface area (Å²) in [6, 6.07) is 0. The molecule has 9 heavy (non-hydrogen) atoms. The van der Waals surface area contributed by atoms with Gasteiger partial charge >= 0.3 is 28.6 Å². The van der Waals surface area contributed by atoms with Crippen molar-refractivity contribution in [1.29, 1.82) is 0 Å². The van der Waals surface area contributed by atoms with Gasteiger partial charge in [-0.15, -0.1) is 0 Å². The first-order valence-corrected chi connectivity index (χ1v) is 1.68. The Bertz CT molecular complexity index is 99.7. The third-order valence-corrected chi connectivity index (χ3v) is 0.345. The smallest absolute Gasteiger partial charge is 0.550 e. The first-order valence-electron chi connectivity index (χ1n) is 1.68. The molecule has 0 unspecified atom stereocenters. The van der Waals surface area contributed by atoms with Gasteiger partial charge in [-0.1, -0.05) is 0 Å². The molecule has 0 spiro atoms. The Morgan fingerprint density at radius 3 is 1.78 bits per heavy atom. The SMILES string of the molecule is O=C([O-])CC(F)(F)F.[Ag+]. The predicted molar refractivity (Wildman–Crippen MR) is 15.7 cm³/mol. The van der Waals surface area contributed by atoms with E-state index in [1.165, 1.54) is 0 Å². The molecule has 0 bridgehead atoms. The summed E-state index contributed by atoms with van der Waals surface area (Å²) in [6.45, 7) is 0. The van der Waals surface area contributed by atoms with Crippen molar-refractivity contribution in [2.45, 2.75) is 12.6 Å². The van der Waals surface area contributed by atoms with Crippen molar-refractivity contribution in [1.82, 2.24) is 0 Å². The Hall–Kier alpha value is 0.000260. The van der Waals surface area contributed by atoms with Crippen molar-refractivity contribution in [3.63, 3.8) is 0 Å². The van der Waals surface area contributed by atoms with E-state index in [0.717, 1.165) is 0 Å². The monoisotopic (exact) mass is 234 g/mol. The molecule has 0 N–H and O–H groups in total. The minimum Gasteiger partial charge on any atom is -0.550 e. The van der Waals surface area contributed by atoms with Crippen LogP contribution in [0.15, 0.2) is 0 Å². The summed E-state index contributed by atoms with van der Waals surface area (Å²) in [6.07, 6.45) is -6.51. The molecule has 0 aromatic heterocycles. The predicted octanol–water partition coefficient (Wildman–Crippen LogP) is -0.314. The molecule has 0 amide bonds. The van der Waals surface area contributed by atoms with Crippen molar-refractivity contribution in [3.05, 3.63) is 0 Å². The maximum atomic E-state index is 10.9. The zero-order valence-electron chi connectivity index (χ0n) is 3.96. The van der Waals surface area contributed by atoms with Gasteiger partial charge in [-0.25, -0.2) is 0 Å². The molecule has 0 atom stereocenters. The molecular weight excluding hydrogens is 233 g/mol. The summed E-state index contributed by atoms with van der Waals surface area (Å²) in [7, 11) is 0. The van der Waals surface area contributed by atoms with E-state index < -0.39 is 18.6 Å². The summed E-state index contributed by atoms with van der Waals surface area (Å²) in [4.78, 5) is 9.18. The van der Waals surface area contributed by atoms with Crippen LogP contribution in [0.5, 0.6) is 0 Å². The van der Waals surface area contributed by atoms with Crippen LogP contribution in [0.4, 0.5) is 13.2 Å². The number of carboxylic acids is 1. The Morgan fingerprint density at radius 2 is 1.78 bits per heavy atom. The van der Waals surface area contributed by atoms with Crippen LogP contribution < -0.4 is 5.11 Å². The average molecular weight is 235 g/mol. The van der Waals surface area contributed by atoms with Gasteiger partial charge in [0.1, 0.15) is 0 Å². The van der Waals surface area contributed by atoms with E-state index in [2.05, 4.69) is 0 Å². The van der Waals surface area contributed by atoms with Gasteiger partial charge in [-0.3, -0.25) is 0 Å². The van der Waals surface area contributed by atoms with Gasteiger partial charge in [-0.2, -0.15) is 13.2 Å². The molecule has 0 aromatic rings. The Balaban J connectivity index is 0. The number of hydrogen-bond acceptors (Lipinski definition) is 2. The van der Waals surface area contributed by atoms with E-state index >= 15 is 0 Å². The Morgan fingerprint density at radius 1 is 1.44 bits per heavy atom. The van der Waals surface area contributed by atoms with E-state index in [1.807, 2.05) is 0 Å². The fourth-order valence-corrected chi connectivity index (χ4v) is 0.164. The number of carbonyl (C=O) groups is 1. The molecule has 6 heteroatoms. The van der Waals surface area contributed by atoms with Gasteiger partial charge in [-0.05, 0) is 0 Å². The first kappa shape index (κ1) is 11.8. The van der Waals surface area contributed by atoms with Gasteiger partial charge in [0.2, 0.25) is 0 Å². The second kappa shape index (κ2) is 3.92. The minimum absolute atomic E-state index is 0. The number of carboxylic acid groups (broad SMARTS) is 1. The molecule has 0 saturated heterocycles. The van der Waals surface area contributed by atoms with E-state index in [-0.39, 0.29) is 22.4 Å². The normalized spacial score (nSPS) is 10.1. The van der Waals surface area contributed by atoms with E-state index in [1.54, 1.807) is 0 Å². The molecule has 0 fully saturated rings. The van der Waals surface area contributed by atoms with Crippen molar-refractivity contribution in [3.8, 4) is 0 Å². The summed E-state index contributed by atoms with van der Waals surface area (Å²) in [5.41, 5.74) is 0. The molecule has 0 saturated carbocycles. The molecule has 0 aliphatic rings. The number of aliphatic carboxylic acids is 1. The molecule has 2 nitrogen and oxygen atoms in total. The van der Waals surface area contributed by atoms with Crippen LogP contribution in [-0.4, -0.2) is 12.1 Å². The maximum absolute atomic E-state index is 10.9. The molecule has 0 aromatic carbocycles. The fraction of sp³-hybridized carbons (Fsp3) is 0.667. The van der Waals surface area contributed by atoms with Crippen LogP contribution in [0.2, 0.25) is 0 Å². The number of carbonyl (C=O) groups excluding carboxylic acids is 1. The van der Waals surface area contributed by atoms with Crippen molar-refractivity contribution in [2.75, 3.05) is 0 Å². The van der Waals surface area contributed by atoms with Gasteiger partial charge in [0.25, 0.3) is 0 Å². The zero-order valence-corrected chi connectivity index (χ0v) is 5.44. The second-order valence-electron chi connectivity index (χ2n) is 1.16. The maximum Gasteiger partial charge on any atom is 1.00 e. The van der Waals surface area contributed by atoms with Crippen molar-refractivity contribution < 1.29 is 45.5 Å². The van der Waals surface area contributed by atoms with Gasteiger partial charge in [0, 0.05) is 0 Å². The number of halogens is 3. The van der Waals surface area contributed by atoms with Crippen LogP contribution in [-0.2, 0) is 27.2 Å². The van der Waals surface area contributed by atoms with Crippen molar-refractivity contribution >= 4 is 5.97 Å². The average Bonchev–Trinajstić information content (AvgIpc) is 1.21. The largest absolute Gasteiger partial charge is 1.00 e. The molecular formula is C3H2AgF3O2. The molecule has 0 heterocycles. The van der Waals surface area contributed by atoms with Crippen LogP contribution in [0.1, 0.15) is 6.42 Å². The van der Waals surface area contributed by atoms with E-state index in [0.29, 0.717) is 0 Å². The van der Waals surface area contributed by atoms with Crippen LogP contribution in [0.25, 0.3) is 0 Å². The van der Waals surface area contributed by atoms with Crippen LogP contribution in [0.3, 0.4) is 0 Å². The Kier molecular flexibility index (Phi) is 5.12. The molecule has 0 aliphatic carbocycles. The summed E-state index contributed by atoms with van der Waals surface area (Å²) >= 11 is 0. The first-order chi connectivity index (χ1) is 3.42. The molecule has 0 rings (SSSR count). The van der Waals surface area contributed by atoms with Crippen molar-refractivity contribution in [2.24, 2.45) is 0 Å². The molecule has 0 aliphatic heterocycles. The summed E-state index contributed by atoms with van der Waals surface area (Å²) < 4.78 is 32.7. The summed E-state index contributed by atoms with van der Waals surface area (Å²) in [5, 5.41) is 9.18. The molecule has 0 radical (unpaired) electrons. The second-order valence-corrected chi connectivity index (χ2v) is 1.16. The van der Waals surface area contributed by atoms with Gasteiger partial charge in [0.05, 0.1) is 12.4 Å². The zero-order chi connectivity index (χ0) is 6.78. The topological polar surface area (TPSA) is 40.1 Å². The van der Waals surface area contributed by atoms with E-state index in [9.17, 15) is 23.1 Å². The molecule has 58 valence electrons. The van der Waals surface area contributed by atoms with E-state index in [4.69, 9.17) is 0 Å². The number of hydrogen-bond donors (Lipinski definition) is 0. The summed E-state index contributed by atoms with van der Waals surface area (Å²) in [5.74, 6) is -2.10. The van der Waals surface area contributed by atoms with Crippen LogP contribution in [0, 0.1) is 0 Å². The minimum atomic E-state index is -4.64. The fourth-order valence-electron chi connectivity index (χ4n) is 0.164. The number of rotatable bonds is 1.